The summed E-state index contributed by atoms with van der Waals surface area (Å²) in [5, 5.41) is 7.42. The summed E-state index contributed by atoms with van der Waals surface area (Å²) in [5.74, 6) is 2.96. The molecule has 0 unspecified atom stereocenters. The van der Waals surface area contributed by atoms with Gasteiger partial charge in [0.05, 0.1) is 13.3 Å². The molecule has 2 amide bonds. The van der Waals surface area contributed by atoms with Gasteiger partial charge >= 0.3 is 0 Å². The Hall–Kier alpha value is -3.84. The maximum atomic E-state index is 12.7. The molecule has 7 nitrogen and oxygen atoms in total. The molecule has 4 aliphatic carbocycles. The Morgan fingerprint density at radius 3 is 2.32 bits per heavy atom. The second-order valence-corrected chi connectivity index (χ2v) is 12.2. The topological polar surface area (TPSA) is 89.0 Å². The largest absolute Gasteiger partial charge is 0.493 e. The normalized spacial score (nSPS) is 24.3. The third kappa shape index (κ3) is 6.10. The molecule has 41 heavy (non-hydrogen) atoms. The van der Waals surface area contributed by atoms with Gasteiger partial charge < -0.3 is 14.8 Å². The number of benzene rings is 3. The van der Waals surface area contributed by atoms with Crippen molar-refractivity contribution in [1.29, 1.82) is 0 Å². The Morgan fingerprint density at radius 2 is 1.66 bits per heavy atom. The quantitative estimate of drug-likeness (QED) is 0.224. The molecule has 4 aliphatic rings. The monoisotopic (exact) mass is 571 g/mol. The van der Waals surface area contributed by atoms with Crippen LogP contribution in [0.15, 0.2) is 71.8 Å². The number of anilines is 1. The van der Waals surface area contributed by atoms with Gasteiger partial charge in [-0.05, 0) is 121 Å². The average molecular weight is 572 g/mol. The summed E-state index contributed by atoms with van der Waals surface area (Å²) in [6.45, 7) is -0.157. The Labute approximate surface area is 245 Å². The minimum atomic E-state index is -0.371. The summed E-state index contributed by atoms with van der Waals surface area (Å²) < 4.78 is 11.2. The SMILES string of the molecule is COc1cc(/C=N/NC(=O)c2cccc(Cl)c2)ccc1OCC(=O)Nc1ccc(C23CC4CC(CC(C4)C2)C3)cc1. The van der Waals surface area contributed by atoms with Crippen molar-refractivity contribution in [2.75, 3.05) is 19.0 Å². The predicted molar refractivity (Wildman–Crippen MR) is 160 cm³/mol. The van der Waals surface area contributed by atoms with Crippen LogP contribution in [0.5, 0.6) is 11.5 Å². The number of amides is 2. The summed E-state index contributed by atoms with van der Waals surface area (Å²) in [6, 6.07) is 20.2. The second-order valence-electron chi connectivity index (χ2n) is 11.7. The van der Waals surface area contributed by atoms with Crippen molar-refractivity contribution in [3.8, 4) is 11.5 Å². The minimum absolute atomic E-state index is 0.157. The van der Waals surface area contributed by atoms with Crippen molar-refractivity contribution in [3.05, 3.63) is 88.4 Å². The van der Waals surface area contributed by atoms with E-state index in [1.807, 2.05) is 12.1 Å². The van der Waals surface area contributed by atoms with Crippen LogP contribution in [0.25, 0.3) is 0 Å². The highest BCUT2D eigenvalue weighted by molar-refractivity contribution is 6.30. The molecule has 3 aromatic carbocycles. The molecule has 4 bridgehead atoms. The molecule has 4 fully saturated rings. The zero-order chi connectivity index (χ0) is 28.4. The van der Waals surface area contributed by atoms with Gasteiger partial charge in [-0.3, -0.25) is 9.59 Å². The van der Waals surface area contributed by atoms with E-state index >= 15 is 0 Å². The molecule has 4 saturated carbocycles. The fraction of sp³-hybridized carbons (Fsp3) is 0.364. The molecule has 2 N–H and O–H groups in total. The summed E-state index contributed by atoms with van der Waals surface area (Å²) >= 11 is 5.94. The lowest BCUT2D eigenvalue weighted by Crippen LogP contribution is -2.48. The fourth-order valence-electron chi connectivity index (χ4n) is 7.46. The standard InChI is InChI=1S/C33H34ClN3O4/c1-40-30-14-21(19-35-37-32(39)25-3-2-4-27(34)15-25)5-10-29(30)41-20-31(38)36-28-8-6-26(7-9-28)33-16-22-11-23(17-33)13-24(12-22)18-33/h2-10,14-15,19,22-24H,11-13,16-18,20H2,1H3,(H,36,38)(H,37,39)/b35-19+. The van der Waals surface area contributed by atoms with E-state index in [0.29, 0.717) is 33.1 Å². The maximum Gasteiger partial charge on any atom is 0.271 e. The van der Waals surface area contributed by atoms with Crippen LogP contribution in [-0.2, 0) is 10.2 Å². The van der Waals surface area contributed by atoms with Crippen molar-refractivity contribution in [1.82, 2.24) is 5.43 Å². The molecule has 7 rings (SSSR count). The zero-order valence-corrected chi connectivity index (χ0v) is 23.8. The number of carbonyl (C=O) groups is 2. The number of rotatable bonds is 9. The molecule has 8 heteroatoms. The fourth-order valence-corrected chi connectivity index (χ4v) is 7.65. The molecule has 0 aromatic heterocycles. The molecule has 0 aliphatic heterocycles. The molecule has 0 radical (unpaired) electrons. The molecular weight excluding hydrogens is 538 g/mol. The second kappa shape index (κ2) is 11.6. The molecule has 0 heterocycles. The van der Waals surface area contributed by atoms with Crippen molar-refractivity contribution >= 4 is 35.3 Å². The number of hydrogen-bond donors (Lipinski definition) is 2. The highest BCUT2D eigenvalue weighted by atomic mass is 35.5. The number of methoxy groups -OCH3 is 1. The van der Waals surface area contributed by atoms with Crippen LogP contribution >= 0.6 is 11.6 Å². The van der Waals surface area contributed by atoms with Crippen LogP contribution in [-0.4, -0.2) is 31.7 Å². The number of nitrogens with one attached hydrogen (secondary N) is 2. The Bertz CT molecular complexity index is 1430. The van der Waals surface area contributed by atoms with E-state index in [1.54, 1.807) is 42.5 Å². The van der Waals surface area contributed by atoms with Crippen LogP contribution in [0, 0.1) is 17.8 Å². The van der Waals surface area contributed by atoms with Crippen molar-refractivity contribution in [2.45, 2.75) is 43.9 Å². The lowest BCUT2D eigenvalue weighted by Gasteiger charge is -2.57. The third-order valence-corrected chi connectivity index (χ3v) is 9.07. The number of hydrogen-bond acceptors (Lipinski definition) is 5. The summed E-state index contributed by atoms with van der Waals surface area (Å²) in [5.41, 5.74) is 6.11. The van der Waals surface area contributed by atoms with Gasteiger partial charge in [-0.1, -0.05) is 29.8 Å². The molecule has 3 aromatic rings. The van der Waals surface area contributed by atoms with Gasteiger partial charge in [0.1, 0.15) is 0 Å². The van der Waals surface area contributed by atoms with Crippen LogP contribution in [0.4, 0.5) is 5.69 Å². The van der Waals surface area contributed by atoms with Gasteiger partial charge in [-0.2, -0.15) is 5.10 Å². The van der Waals surface area contributed by atoms with Gasteiger partial charge in [-0.15, -0.1) is 0 Å². The number of ether oxygens (including phenoxy) is 2. The van der Waals surface area contributed by atoms with Crippen molar-refractivity contribution in [2.24, 2.45) is 22.9 Å². The predicted octanol–water partition coefficient (Wildman–Crippen LogP) is 6.60. The molecule has 212 valence electrons. The van der Waals surface area contributed by atoms with Gasteiger partial charge in [0.2, 0.25) is 0 Å². The molecule has 0 saturated heterocycles. The minimum Gasteiger partial charge on any atom is -0.493 e. The van der Waals surface area contributed by atoms with Crippen LogP contribution in [0.2, 0.25) is 5.02 Å². The van der Waals surface area contributed by atoms with Crippen LogP contribution in [0.1, 0.15) is 60.0 Å². The number of hydrazone groups is 1. The van der Waals surface area contributed by atoms with Gasteiger partial charge in [0.15, 0.2) is 18.1 Å². The number of nitrogens with zero attached hydrogens (tertiary/aromatic N) is 1. The maximum absolute atomic E-state index is 12.7. The highest BCUT2D eigenvalue weighted by Gasteiger charge is 2.51. The lowest BCUT2D eigenvalue weighted by molar-refractivity contribution is -0.118. The van der Waals surface area contributed by atoms with E-state index in [1.165, 1.54) is 57.4 Å². The van der Waals surface area contributed by atoms with E-state index in [2.05, 4.69) is 28.0 Å². The van der Waals surface area contributed by atoms with E-state index in [-0.39, 0.29) is 18.4 Å². The summed E-state index contributed by atoms with van der Waals surface area (Å²) in [7, 11) is 1.52. The number of halogens is 1. The first-order chi connectivity index (χ1) is 19.9. The van der Waals surface area contributed by atoms with Crippen LogP contribution in [0.3, 0.4) is 0 Å². The average Bonchev–Trinajstić information content (AvgIpc) is 2.96. The van der Waals surface area contributed by atoms with Gasteiger partial charge in [0.25, 0.3) is 11.8 Å². The summed E-state index contributed by atoms with van der Waals surface area (Å²) in [6.07, 6.45) is 9.75. The van der Waals surface area contributed by atoms with E-state index in [9.17, 15) is 9.59 Å². The highest BCUT2D eigenvalue weighted by Crippen LogP contribution is 2.60. The summed E-state index contributed by atoms with van der Waals surface area (Å²) in [4.78, 5) is 24.9. The first-order valence-corrected chi connectivity index (χ1v) is 14.6. The van der Waals surface area contributed by atoms with Crippen molar-refractivity contribution in [3.63, 3.8) is 0 Å². The Kier molecular flexibility index (Phi) is 7.71. The van der Waals surface area contributed by atoms with E-state index in [4.69, 9.17) is 21.1 Å². The van der Waals surface area contributed by atoms with Gasteiger partial charge in [-0.25, -0.2) is 5.43 Å². The van der Waals surface area contributed by atoms with Crippen molar-refractivity contribution < 1.29 is 19.1 Å². The number of carbonyl (C=O) groups excluding carboxylic acids is 2. The Morgan fingerprint density at radius 1 is 0.951 bits per heavy atom. The Balaban J connectivity index is 1.02. The molecular formula is C33H34ClN3O4. The van der Waals surface area contributed by atoms with E-state index < -0.39 is 0 Å². The smallest absolute Gasteiger partial charge is 0.271 e. The lowest BCUT2D eigenvalue weighted by atomic mass is 9.48. The van der Waals surface area contributed by atoms with Gasteiger partial charge in [0, 0.05) is 16.3 Å². The first kappa shape index (κ1) is 27.3. The van der Waals surface area contributed by atoms with E-state index in [0.717, 1.165) is 23.4 Å². The first-order valence-electron chi connectivity index (χ1n) is 14.2. The zero-order valence-electron chi connectivity index (χ0n) is 23.1. The molecule has 0 spiro atoms. The third-order valence-electron chi connectivity index (χ3n) is 8.83. The van der Waals surface area contributed by atoms with Crippen LogP contribution < -0.4 is 20.2 Å². The molecule has 0 atom stereocenters.